The summed E-state index contributed by atoms with van der Waals surface area (Å²) in [5.41, 5.74) is 3.38. The highest BCUT2D eigenvalue weighted by Gasteiger charge is 2.25. The lowest BCUT2D eigenvalue weighted by atomic mass is 9.77. The minimum Gasteiger partial charge on any atom is -0.288 e. The van der Waals surface area contributed by atoms with Gasteiger partial charge in [-0.15, -0.1) is 11.3 Å². The van der Waals surface area contributed by atoms with Gasteiger partial charge in [0.2, 0.25) is 5.78 Å². The van der Waals surface area contributed by atoms with Gasteiger partial charge in [-0.25, -0.2) is 0 Å². The molecule has 0 spiro atoms. The van der Waals surface area contributed by atoms with E-state index in [0.29, 0.717) is 5.92 Å². The second-order valence-corrected chi connectivity index (χ2v) is 6.65. The Hall–Kier alpha value is -1.41. The molecule has 1 aliphatic carbocycles. The largest absolute Gasteiger partial charge is 0.288 e. The molecule has 1 heterocycles. The number of hydrogen-bond donors (Lipinski definition) is 0. The zero-order chi connectivity index (χ0) is 13.4. The third-order valence-electron chi connectivity index (χ3n) is 4.14. The van der Waals surface area contributed by atoms with Gasteiger partial charge in [-0.05, 0) is 49.8 Å². The van der Waals surface area contributed by atoms with Crippen LogP contribution in [0, 0.1) is 13.8 Å². The van der Waals surface area contributed by atoms with Gasteiger partial charge in [0.05, 0.1) is 4.88 Å². The summed E-state index contributed by atoms with van der Waals surface area (Å²) in [4.78, 5) is 14.8. The summed E-state index contributed by atoms with van der Waals surface area (Å²) in [6.45, 7) is 4.15. The quantitative estimate of drug-likeness (QED) is 0.728. The molecule has 0 bridgehead atoms. The van der Waals surface area contributed by atoms with E-state index in [0.717, 1.165) is 10.4 Å². The third-order valence-corrected chi connectivity index (χ3v) is 5.29. The van der Waals surface area contributed by atoms with Gasteiger partial charge in [0, 0.05) is 10.4 Å². The molecule has 2 aromatic rings. The lowest BCUT2D eigenvalue weighted by Gasteiger charge is -2.27. The molecule has 98 valence electrons. The smallest absolute Gasteiger partial charge is 0.203 e. The maximum Gasteiger partial charge on any atom is 0.203 e. The molecule has 1 aliphatic rings. The van der Waals surface area contributed by atoms with Crippen molar-refractivity contribution in [2.45, 2.75) is 39.0 Å². The normalized spacial score (nSPS) is 15.3. The molecule has 3 rings (SSSR count). The van der Waals surface area contributed by atoms with Crippen molar-refractivity contribution in [3.8, 4) is 0 Å². The van der Waals surface area contributed by atoms with E-state index in [1.807, 2.05) is 18.2 Å². The number of carbonyl (C=O) groups excluding carboxylic acids is 1. The molecule has 0 aliphatic heterocycles. The molecule has 0 unspecified atom stereocenters. The molecule has 1 aromatic heterocycles. The molecule has 1 nitrogen and oxygen atoms in total. The number of aryl methyl sites for hydroxylation is 2. The fourth-order valence-corrected chi connectivity index (χ4v) is 3.58. The van der Waals surface area contributed by atoms with E-state index in [4.69, 9.17) is 0 Å². The number of benzene rings is 1. The number of hydrogen-bond acceptors (Lipinski definition) is 2. The predicted octanol–water partition coefficient (Wildman–Crippen LogP) is 4.86. The summed E-state index contributed by atoms with van der Waals surface area (Å²) < 4.78 is 0. The lowest BCUT2D eigenvalue weighted by Crippen LogP contribution is -2.13. The molecule has 0 N–H and O–H groups in total. The summed E-state index contributed by atoms with van der Waals surface area (Å²) in [5.74, 6) is 0.797. The summed E-state index contributed by atoms with van der Waals surface area (Å²) in [7, 11) is 0. The van der Waals surface area contributed by atoms with Crippen molar-refractivity contribution in [2.75, 3.05) is 0 Å². The molecular formula is C17H18OS. The Balaban J connectivity index is 1.99. The molecule has 0 radical (unpaired) electrons. The van der Waals surface area contributed by atoms with Gasteiger partial charge in [0.25, 0.3) is 0 Å². The minimum atomic E-state index is 0.198. The van der Waals surface area contributed by atoms with E-state index < -0.39 is 0 Å². The Morgan fingerprint density at radius 3 is 2.53 bits per heavy atom. The number of carbonyl (C=O) groups is 1. The number of thiophene rings is 1. The molecule has 0 amide bonds. The van der Waals surface area contributed by atoms with Crippen molar-refractivity contribution in [3.05, 3.63) is 56.8 Å². The number of rotatable bonds is 3. The van der Waals surface area contributed by atoms with Crippen LogP contribution in [-0.4, -0.2) is 5.78 Å². The van der Waals surface area contributed by atoms with Crippen molar-refractivity contribution < 1.29 is 4.79 Å². The van der Waals surface area contributed by atoms with Crippen LogP contribution in [0.5, 0.6) is 0 Å². The predicted molar refractivity (Wildman–Crippen MR) is 80.3 cm³/mol. The lowest BCUT2D eigenvalue weighted by molar-refractivity contribution is 0.104. The molecule has 1 aromatic carbocycles. The van der Waals surface area contributed by atoms with Crippen molar-refractivity contribution in [2.24, 2.45) is 0 Å². The number of ketones is 1. The Morgan fingerprint density at radius 2 is 1.95 bits per heavy atom. The summed E-state index contributed by atoms with van der Waals surface area (Å²) >= 11 is 1.61. The van der Waals surface area contributed by atoms with Crippen molar-refractivity contribution in [3.63, 3.8) is 0 Å². The van der Waals surface area contributed by atoms with Gasteiger partial charge in [0.15, 0.2) is 0 Å². The second-order valence-electron chi connectivity index (χ2n) is 5.39. The fourth-order valence-electron chi connectivity index (χ4n) is 2.60. The minimum absolute atomic E-state index is 0.198. The Morgan fingerprint density at radius 1 is 1.21 bits per heavy atom. The SMILES string of the molecule is Cc1cc(C(=O)c2ccccc2C2CCC2)sc1C. The summed E-state index contributed by atoms with van der Waals surface area (Å²) in [6, 6.07) is 10.2. The van der Waals surface area contributed by atoms with Crippen molar-refractivity contribution >= 4 is 17.1 Å². The summed E-state index contributed by atoms with van der Waals surface area (Å²) in [6.07, 6.45) is 3.75. The average Bonchev–Trinajstić information content (AvgIpc) is 2.67. The molecule has 0 saturated heterocycles. The zero-order valence-corrected chi connectivity index (χ0v) is 12.2. The fraction of sp³-hybridized carbons (Fsp3) is 0.353. The van der Waals surface area contributed by atoms with Crippen LogP contribution in [0.1, 0.15) is 56.4 Å². The van der Waals surface area contributed by atoms with Gasteiger partial charge < -0.3 is 0 Å². The van der Waals surface area contributed by atoms with Crippen LogP contribution in [0.15, 0.2) is 30.3 Å². The van der Waals surface area contributed by atoms with Crippen LogP contribution in [0.2, 0.25) is 0 Å². The van der Waals surface area contributed by atoms with Crippen LogP contribution >= 0.6 is 11.3 Å². The highest BCUT2D eigenvalue weighted by molar-refractivity contribution is 7.14. The molecular weight excluding hydrogens is 252 g/mol. The summed E-state index contributed by atoms with van der Waals surface area (Å²) in [5, 5.41) is 0. The Labute approximate surface area is 118 Å². The Bertz CT molecular complexity index is 600. The van der Waals surface area contributed by atoms with E-state index >= 15 is 0 Å². The van der Waals surface area contributed by atoms with Gasteiger partial charge in [-0.1, -0.05) is 30.7 Å². The topological polar surface area (TPSA) is 17.1 Å². The highest BCUT2D eigenvalue weighted by atomic mass is 32.1. The van der Waals surface area contributed by atoms with E-state index in [-0.39, 0.29) is 5.78 Å². The average molecular weight is 270 g/mol. The molecule has 2 heteroatoms. The van der Waals surface area contributed by atoms with Crippen LogP contribution in [-0.2, 0) is 0 Å². The van der Waals surface area contributed by atoms with Crippen LogP contribution < -0.4 is 0 Å². The van der Waals surface area contributed by atoms with E-state index in [1.54, 1.807) is 11.3 Å². The van der Waals surface area contributed by atoms with Crippen LogP contribution in [0.3, 0.4) is 0 Å². The monoisotopic (exact) mass is 270 g/mol. The van der Waals surface area contributed by atoms with Crippen LogP contribution in [0.25, 0.3) is 0 Å². The first-order chi connectivity index (χ1) is 9.16. The highest BCUT2D eigenvalue weighted by Crippen LogP contribution is 2.38. The third kappa shape index (κ3) is 2.25. The first kappa shape index (κ1) is 12.6. The maximum atomic E-state index is 12.7. The Kier molecular flexibility index (Phi) is 3.28. The van der Waals surface area contributed by atoms with Gasteiger partial charge in [-0.3, -0.25) is 4.79 Å². The van der Waals surface area contributed by atoms with E-state index in [9.17, 15) is 4.79 Å². The van der Waals surface area contributed by atoms with Gasteiger partial charge >= 0.3 is 0 Å². The molecule has 1 saturated carbocycles. The van der Waals surface area contributed by atoms with Crippen molar-refractivity contribution in [1.29, 1.82) is 0 Å². The molecule has 1 fully saturated rings. The van der Waals surface area contributed by atoms with Gasteiger partial charge in [0.1, 0.15) is 0 Å². The molecule has 0 atom stereocenters. The van der Waals surface area contributed by atoms with E-state index in [1.165, 1.54) is 35.3 Å². The van der Waals surface area contributed by atoms with Crippen molar-refractivity contribution in [1.82, 2.24) is 0 Å². The molecule has 19 heavy (non-hydrogen) atoms. The first-order valence-corrected chi connectivity index (χ1v) is 7.69. The van der Waals surface area contributed by atoms with Gasteiger partial charge in [-0.2, -0.15) is 0 Å². The van der Waals surface area contributed by atoms with E-state index in [2.05, 4.69) is 26.0 Å². The zero-order valence-electron chi connectivity index (χ0n) is 11.4. The van der Waals surface area contributed by atoms with Crippen LogP contribution in [0.4, 0.5) is 0 Å². The maximum absolute atomic E-state index is 12.7. The standard InChI is InChI=1S/C17H18OS/c1-11-10-16(19-12(11)2)17(18)15-9-4-3-8-14(15)13-6-5-7-13/h3-4,8-10,13H,5-7H2,1-2H3. The first-order valence-electron chi connectivity index (χ1n) is 6.87. The second kappa shape index (κ2) is 4.93.